The van der Waals surface area contributed by atoms with Crippen molar-refractivity contribution in [1.82, 2.24) is 10.2 Å². The summed E-state index contributed by atoms with van der Waals surface area (Å²) < 4.78 is 0. The lowest BCUT2D eigenvalue weighted by atomic mass is 10.0. The fourth-order valence-corrected chi connectivity index (χ4v) is 2.92. The Morgan fingerprint density at radius 3 is 2.57 bits per heavy atom. The minimum Gasteiger partial charge on any atom is -0.337 e. The van der Waals surface area contributed by atoms with Crippen LogP contribution in [-0.2, 0) is 0 Å². The maximum absolute atomic E-state index is 12.8. The molecule has 23 heavy (non-hydrogen) atoms. The maximum Gasteiger partial charge on any atom is 0.255 e. The summed E-state index contributed by atoms with van der Waals surface area (Å²) in [5, 5.41) is 3.82. The highest BCUT2D eigenvalue weighted by atomic mass is 35.5. The van der Waals surface area contributed by atoms with Crippen molar-refractivity contribution < 1.29 is 4.79 Å². The van der Waals surface area contributed by atoms with Gasteiger partial charge in [-0.1, -0.05) is 48.0 Å². The minimum absolute atomic E-state index is 0. The van der Waals surface area contributed by atoms with Gasteiger partial charge in [0.25, 0.3) is 5.91 Å². The lowest BCUT2D eigenvalue weighted by Gasteiger charge is -2.21. The van der Waals surface area contributed by atoms with Gasteiger partial charge in [-0.3, -0.25) is 4.79 Å². The molecule has 5 heteroatoms. The van der Waals surface area contributed by atoms with Crippen LogP contribution in [-0.4, -0.2) is 37.0 Å². The third-order valence-electron chi connectivity index (χ3n) is 3.93. The van der Waals surface area contributed by atoms with Crippen LogP contribution in [0.5, 0.6) is 0 Å². The second-order valence-corrected chi connectivity index (χ2v) is 5.86. The summed E-state index contributed by atoms with van der Waals surface area (Å²) in [7, 11) is 0. The Labute approximate surface area is 148 Å². The van der Waals surface area contributed by atoms with E-state index < -0.39 is 0 Å². The van der Waals surface area contributed by atoms with Crippen LogP contribution in [0.25, 0.3) is 11.1 Å². The molecule has 1 aliphatic heterocycles. The molecule has 0 aliphatic carbocycles. The van der Waals surface area contributed by atoms with Crippen molar-refractivity contribution in [2.75, 3.05) is 26.2 Å². The van der Waals surface area contributed by atoms with Gasteiger partial charge in [0.2, 0.25) is 0 Å². The standard InChI is InChI=1S/C18H19ClN2O.ClH/c19-17-8-7-15(14-5-2-1-3-6-14)13-16(17)18(22)21-11-4-9-20-10-12-21;/h1-3,5-8,13,20H,4,9-12H2;1H. The van der Waals surface area contributed by atoms with Crippen molar-refractivity contribution in [1.29, 1.82) is 0 Å². The first-order valence-electron chi connectivity index (χ1n) is 7.60. The van der Waals surface area contributed by atoms with Crippen LogP contribution in [0.1, 0.15) is 16.8 Å². The van der Waals surface area contributed by atoms with E-state index in [0.29, 0.717) is 10.6 Å². The monoisotopic (exact) mass is 350 g/mol. The van der Waals surface area contributed by atoms with Gasteiger partial charge in [0, 0.05) is 19.6 Å². The highest BCUT2D eigenvalue weighted by molar-refractivity contribution is 6.34. The van der Waals surface area contributed by atoms with E-state index in [2.05, 4.69) is 5.32 Å². The Bertz CT molecular complexity index is 653. The first kappa shape index (κ1) is 17.8. The van der Waals surface area contributed by atoms with E-state index >= 15 is 0 Å². The van der Waals surface area contributed by atoms with E-state index in [1.807, 2.05) is 53.4 Å². The Morgan fingerprint density at radius 2 is 1.78 bits per heavy atom. The number of hydrogen-bond acceptors (Lipinski definition) is 2. The normalized spacial score (nSPS) is 14.7. The highest BCUT2D eigenvalue weighted by Gasteiger charge is 2.20. The lowest BCUT2D eigenvalue weighted by molar-refractivity contribution is 0.0766. The van der Waals surface area contributed by atoms with E-state index in [-0.39, 0.29) is 18.3 Å². The molecule has 3 rings (SSSR count). The van der Waals surface area contributed by atoms with Crippen molar-refractivity contribution >= 4 is 29.9 Å². The molecule has 0 unspecified atom stereocenters. The average molecular weight is 351 g/mol. The number of halogens is 2. The van der Waals surface area contributed by atoms with Gasteiger partial charge in [-0.25, -0.2) is 0 Å². The molecule has 1 heterocycles. The molecule has 0 radical (unpaired) electrons. The Kier molecular flexibility index (Phi) is 6.46. The minimum atomic E-state index is 0. The molecule has 1 aliphatic rings. The first-order chi connectivity index (χ1) is 10.8. The molecule has 2 aromatic rings. The number of amides is 1. The van der Waals surface area contributed by atoms with Gasteiger partial charge in [0.15, 0.2) is 0 Å². The second kappa shape index (κ2) is 8.34. The molecule has 0 bridgehead atoms. The molecule has 1 saturated heterocycles. The fourth-order valence-electron chi connectivity index (χ4n) is 2.72. The number of carbonyl (C=O) groups is 1. The summed E-state index contributed by atoms with van der Waals surface area (Å²) in [6, 6.07) is 15.7. The van der Waals surface area contributed by atoms with Crippen molar-refractivity contribution in [3.05, 3.63) is 59.1 Å². The topological polar surface area (TPSA) is 32.3 Å². The number of benzene rings is 2. The quantitative estimate of drug-likeness (QED) is 0.891. The molecule has 0 atom stereocenters. The number of rotatable bonds is 2. The summed E-state index contributed by atoms with van der Waals surface area (Å²) in [4.78, 5) is 14.7. The molecule has 1 amide bonds. The van der Waals surface area contributed by atoms with Gasteiger partial charge in [0.1, 0.15) is 0 Å². The summed E-state index contributed by atoms with van der Waals surface area (Å²) in [6.07, 6.45) is 0.974. The van der Waals surface area contributed by atoms with Gasteiger partial charge in [-0.15, -0.1) is 12.4 Å². The lowest BCUT2D eigenvalue weighted by Crippen LogP contribution is -2.34. The van der Waals surface area contributed by atoms with E-state index in [1.54, 1.807) is 0 Å². The zero-order valence-corrected chi connectivity index (χ0v) is 14.4. The molecule has 122 valence electrons. The van der Waals surface area contributed by atoms with Crippen LogP contribution in [0.15, 0.2) is 48.5 Å². The van der Waals surface area contributed by atoms with Crippen molar-refractivity contribution in [3.63, 3.8) is 0 Å². The zero-order chi connectivity index (χ0) is 15.4. The molecule has 1 fully saturated rings. The maximum atomic E-state index is 12.8. The third kappa shape index (κ3) is 4.25. The van der Waals surface area contributed by atoms with Crippen LogP contribution >= 0.6 is 24.0 Å². The van der Waals surface area contributed by atoms with Gasteiger partial charge in [-0.05, 0) is 36.2 Å². The molecular weight excluding hydrogens is 331 g/mol. The third-order valence-corrected chi connectivity index (χ3v) is 4.26. The van der Waals surface area contributed by atoms with Gasteiger partial charge in [-0.2, -0.15) is 0 Å². The van der Waals surface area contributed by atoms with Crippen LogP contribution in [0.4, 0.5) is 0 Å². The first-order valence-corrected chi connectivity index (χ1v) is 7.98. The Hall–Kier alpha value is -1.55. The largest absolute Gasteiger partial charge is 0.337 e. The predicted molar refractivity (Wildman–Crippen MR) is 97.5 cm³/mol. The van der Waals surface area contributed by atoms with Crippen LogP contribution in [0.3, 0.4) is 0 Å². The van der Waals surface area contributed by atoms with Crippen molar-refractivity contribution in [3.8, 4) is 11.1 Å². The molecule has 0 spiro atoms. The van der Waals surface area contributed by atoms with Crippen LogP contribution in [0, 0.1) is 0 Å². The van der Waals surface area contributed by atoms with Gasteiger partial charge >= 0.3 is 0 Å². The summed E-state index contributed by atoms with van der Waals surface area (Å²) in [6.45, 7) is 3.30. The van der Waals surface area contributed by atoms with E-state index in [4.69, 9.17) is 11.6 Å². The molecule has 3 nitrogen and oxygen atoms in total. The number of carbonyl (C=O) groups excluding carboxylic acids is 1. The average Bonchev–Trinajstić information content (AvgIpc) is 2.85. The van der Waals surface area contributed by atoms with Gasteiger partial charge < -0.3 is 10.2 Å². The molecule has 0 saturated carbocycles. The molecular formula is C18H20Cl2N2O. The smallest absolute Gasteiger partial charge is 0.255 e. The number of hydrogen-bond donors (Lipinski definition) is 1. The summed E-state index contributed by atoms with van der Waals surface area (Å²) in [5.41, 5.74) is 2.69. The predicted octanol–water partition coefficient (Wildman–Crippen LogP) is 3.86. The van der Waals surface area contributed by atoms with Gasteiger partial charge in [0.05, 0.1) is 10.6 Å². The molecule has 2 aromatic carbocycles. The molecule has 1 N–H and O–H groups in total. The van der Waals surface area contributed by atoms with E-state index in [0.717, 1.165) is 43.7 Å². The van der Waals surface area contributed by atoms with E-state index in [1.165, 1.54) is 0 Å². The van der Waals surface area contributed by atoms with E-state index in [9.17, 15) is 4.79 Å². The highest BCUT2D eigenvalue weighted by Crippen LogP contribution is 2.26. The Morgan fingerprint density at radius 1 is 1.00 bits per heavy atom. The second-order valence-electron chi connectivity index (χ2n) is 5.46. The molecule has 0 aromatic heterocycles. The fraction of sp³-hybridized carbons (Fsp3) is 0.278. The number of nitrogens with one attached hydrogen (secondary N) is 1. The SMILES string of the molecule is Cl.O=C(c1cc(-c2ccccc2)ccc1Cl)N1CCCNCC1. The van der Waals surface area contributed by atoms with Crippen molar-refractivity contribution in [2.24, 2.45) is 0 Å². The summed E-state index contributed by atoms with van der Waals surface area (Å²) >= 11 is 6.28. The van der Waals surface area contributed by atoms with Crippen molar-refractivity contribution in [2.45, 2.75) is 6.42 Å². The van der Waals surface area contributed by atoms with Crippen LogP contribution in [0.2, 0.25) is 5.02 Å². The zero-order valence-electron chi connectivity index (χ0n) is 12.8. The number of nitrogens with zero attached hydrogens (tertiary/aromatic N) is 1. The Balaban J connectivity index is 0.00000192. The van der Waals surface area contributed by atoms with Crippen LogP contribution < -0.4 is 5.32 Å². The summed E-state index contributed by atoms with van der Waals surface area (Å²) in [5.74, 6) is 0.0199.